The molecule has 4 heteroatoms. The second-order valence-electron chi connectivity index (χ2n) is 2.32. The van der Waals surface area contributed by atoms with Gasteiger partial charge in [0.2, 0.25) is 0 Å². The van der Waals surface area contributed by atoms with Gasteiger partial charge in [-0.1, -0.05) is 6.07 Å². The van der Waals surface area contributed by atoms with E-state index in [1.807, 2.05) is 6.26 Å². The van der Waals surface area contributed by atoms with Crippen LogP contribution in [0.15, 0.2) is 23.1 Å². The van der Waals surface area contributed by atoms with E-state index in [4.69, 9.17) is 9.47 Å². The van der Waals surface area contributed by atoms with Gasteiger partial charge in [-0.05, 0) is 18.4 Å². The predicted molar refractivity (Wildman–Crippen MR) is 50.7 cm³/mol. The fourth-order valence-electron chi connectivity index (χ4n) is 0.908. The summed E-state index contributed by atoms with van der Waals surface area (Å²) < 4.78 is 23.0. The molecule has 0 heterocycles. The highest BCUT2D eigenvalue weighted by Crippen LogP contribution is 2.29. The van der Waals surface area contributed by atoms with Gasteiger partial charge in [0.1, 0.15) is 0 Å². The van der Waals surface area contributed by atoms with Crippen molar-refractivity contribution in [3.63, 3.8) is 0 Å². The van der Waals surface area contributed by atoms with Crippen LogP contribution in [0.2, 0.25) is 0 Å². The molecule has 1 aromatic carbocycles. The molecule has 0 aliphatic heterocycles. The fourth-order valence-corrected chi connectivity index (χ4v) is 1.46. The molecule has 0 N–H and O–H groups in total. The average molecular weight is 202 g/mol. The van der Waals surface area contributed by atoms with Crippen LogP contribution < -0.4 is 4.74 Å². The smallest absolute Gasteiger partial charge is 0.188 e. The lowest BCUT2D eigenvalue weighted by atomic mass is 10.3. The Labute approximate surface area is 81.0 Å². The molecule has 0 atom stereocenters. The minimum atomic E-state index is -0.357. The van der Waals surface area contributed by atoms with Gasteiger partial charge in [-0.15, -0.1) is 11.8 Å². The van der Waals surface area contributed by atoms with E-state index in [1.165, 1.54) is 24.9 Å². The Balaban J connectivity index is 2.87. The zero-order valence-corrected chi connectivity index (χ0v) is 8.36. The van der Waals surface area contributed by atoms with Crippen molar-refractivity contribution in [3.05, 3.63) is 24.0 Å². The van der Waals surface area contributed by atoms with Crippen LogP contribution in [0.1, 0.15) is 0 Å². The lowest BCUT2D eigenvalue weighted by Crippen LogP contribution is -2.01. The van der Waals surface area contributed by atoms with Gasteiger partial charge in [0.15, 0.2) is 18.4 Å². The maximum absolute atomic E-state index is 13.2. The largest absolute Gasteiger partial charge is 0.463 e. The average Bonchev–Trinajstić information content (AvgIpc) is 2.15. The van der Waals surface area contributed by atoms with Gasteiger partial charge in [-0.2, -0.15) is 0 Å². The van der Waals surface area contributed by atoms with Gasteiger partial charge in [-0.25, -0.2) is 4.39 Å². The van der Waals surface area contributed by atoms with E-state index in [-0.39, 0.29) is 18.4 Å². The van der Waals surface area contributed by atoms with E-state index in [2.05, 4.69) is 0 Å². The maximum Gasteiger partial charge on any atom is 0.188 e. The highest BCUT2D eigenvalue weighted by molar-refractivity contribution is 7.98. The summed E-state index contributed by atoms with van der Waals surface area (Å²) in [5, 5.41) is 0. The molecule has 0 spiro atoms. The van der Waals surface area contributed by atoms with Gasteiger partial charge in [0.05, 0.1) is 4.90 Å². The minimum absolute atomic E-state index is 0.0640. The van der Waals surface area contributed by atoms with Crippen LogP contribution in [0.4, 0.5) is 4.39 Å². The van der Waals surface area contributed by atoms with Crippen molar-refractivity contribution in [2.75, 3.05) is 20.2 Å². The highest BCUT2D eigenvalue weighted by Gasteiger charge is 2.08. The third-order valence-corrected chi connectivity index (χ3v) is 2.23. The summed E-state index contributed by atoms with van der Waals surface area (Å²) in [5.74, 6) is -0.0965. The maximum atomic E-state index is 13.2. The zero-order chi connectivity index (χ0) is 9.68. The summed E-state index contributed by atoms with van der Waals surface area (Å²) >= 11 is 1.44. The normalized spacial score (nSPS) is 10.1. The summed E-state index contributed by atoms with van der Waals surface area (Å²) in [6.07, 6.45) is 1.87. The highest BCUT2D eigenvalue weighted by atomic mass is 32.2. The molecule has 72 valence electrons. The van der Waals surface area contributed by atoms with E-state index >= 15 is 0 Å². The SMILES string of the molecule is COCOc1c(F)cccc1SC. The minimum Gasteiger partial charge on any atom is -0.463 e. The molecule has 0 unspecified atom stereocenters. The lowest BCUT2D eigenvalue weighted by molar-refractivity contribution is 0.0462. The molecule has 0 saturated carbocycles. The second-order valence-corrected chi connectivity index (χ2v) is 3.17. The van der Waals surface area contributed by atoms with Crippen LogP contribution in [0.25, 0.3) is 0 Å². The number of hydrogen-bond donors (Lipinski definition) is 0. The Bertz CT molecular complexity index is 278. The van der Waals surface area contributed by atoms with Crippen LogP contribution in [0, 0.1) is 5.82 Å². The third-order valence-electron chi connectivity index (χ3n) is 1.47. The van der Waals surface area contributed by atoms with Crippen LogP contribution in [-0.4, -0.2) is 20.2 Å². The molecule has 0 aliphatic rings. The quantitative estimate of drug-likeness (QED) is 0.552. The number of halogens is 1. The van der Waals surface area contributed by atoms with Crippen LogP contribution in [-0.2, 0) is 4.74 Å². The molecular weight excluding hydrogens is 191 g/mol. The van der Waals surface area contributed by atoms with E-state index in [1.54, 1.807) is 12.1 Å². The Kier molecular flexibility index (Phi) is 4.05. The van der Waals surface area contributed by atoms with E-state index < -0.39 is 0 Å². The Morgan fingerprint density at radius 2 is 2.23 bits per heavy atom. The molecule has 1 rings (SSSR count). The molecule has 0 amide bonds. The topological polar surface area (TPSA) is 18.5 Å². The second kappa shape index (κ2) is 5.09. The number of rotatable bonds is 4. The van der Waals surface area contributed by atoms with Crippen molar-refractivity contribution in [2.45, 2.75) is 4.90 Å². The van der Waals surface area contributed by atoms with Crippen LogP contribution in [0.5, 0.6) is 5.75 Å². The molecule has 0 radical (unpaired) electrons. The number of ether oxygens (including phenoxy) is 2. The Morgan fingerprint density at radius 3 is 2.85 bits per heavy atom. The first-order valence-electron chi connectivity index (χ1n) is 3.74. The predicted octanol–water partition coefficient (Wildman–Crippen LogP) is 2.53. The molecule has 0 aromatic heterocycles. The van der Waals surface area contributed by atoms with Gasteiger partial charge in [0.25, 0.3) is 0 Å². The first-order valence-corrected chi connectivity index (χ1v) is 4.96. The number of para-hydroxylation sites is 1. The van der Waals surface area contributed by atoms with Crippen molar-refractivity contribution < 1.29 is 13.9 Å². The Morgan fingerprint density at radius 1 is 1.46 bits per heavy atom. The lowest BCUT2D eigenvalue weighted by Gasteiger charge is -2.09. The third kappa shape index (κ3) is 2.60. The van der Waals surface area contributed by atoms with Crippen LogP contribution in [0.3, 0.4) is 0 Å². The zero-order valence-electron chi connectivity index (χ0n) is 7.54. The van der Waals surface area contributed by atoms with Gasteiger partial charge < -0.3 is 9.47 Å². The number of thioether (sulfide) groups is 1. The number of benzene rings is 1. The molecule has 0 fully saturated rings. The molecule has 0 aliphatic carbocycles. The summed E-state index contributed by atoms with van der Waals surface area (Å²) in [4.78, 5) is 0.775. The summed E-state index contributed by atoms with van der Waals surface area (Å²) in [5.41, 5.74) is 0. The number of hydrogen-bond acceptors (Lipinski definition) is 3. The molecule has 1 aromatic rings. The van der Waals surface area contributed by atoms with Crippen molar-refractivity contribution in [1.29, 1.82) is 0 Å². The molecule has 2 nitrogen and oxygen atoms in total. The summed E-state index contributed by atoms with van der Waals surface area (Å²) in [6.45, 7) is 0.0640. The molecule has 0 saturated heterocycles. The molecular formula is C9H11FO2S. The van der Waals surface area contributed by atoms with E-state index in [0.29, 0.717) is 0 Å². The monoisotopic (exact) mass is 202 g/mol. The van der Waals surface area contributed by atoms with Crippen molar-refractivity contribution in [3.8, 4) is 5.75 Å². The van der Waals surface area contributed by atoms with E-state index in [9.17, 15) is 4.39 Å². The molecule has 0 bridgehead atoms. The van der Waals surface area contributed by atoms with Crippen molar-refractivity contribution in [2.24, 2.45) is 0 Å². The Hall–Kier alpha value is -0.740. The van der Waals surface area contributed by atoms with Gasteiger partial charge in [-0.3, -0.25) is 0 Å². The van der Waals surface area contributed by atoms with Crippen molar-refractivity contribution in [1.82, 2.24) is 0 Å². The molecule has 13 heavy (non-hydrogen) atoms. The van der Waals surface area contributed by atoms with Gasteiger partial charge >= 0.3 is 0 Å². The summed E-state index contributed by atoms with van der Waals surface area (Å²) in [6, 6.07) is 4.82. The first kappa shape index (κ1) is 10.3. The first-order chi connectivity index (χ1) is 6.29. The number of methoxy groups -OCH3 is 1. The standard InChI is InChI=1S/C9H11FO2S/c1-11-6-12-9-7(10)4-3-5-8(9)13-2/h3-5H,6H2,1-2H3. The fraction of sp³-hybridized carbons (Fsp3) is 0.333. The van der Waals surface area contributed by atoms with Gasteiger partial charge in [0, 0.05) is 7.11 Å². The van der Waals surface area contributed by atoms with Crippen molar-refractivity contribution >= 4 is 11.8 Å². The van der Waals surface area contributed by atoms with Crippen LogP contribution >= 0.6 is 11.8 Å². The van der Waals surface area contributed by atoms with E-state index in [0.717, 1.165) is 4.90 Å². The summed E-state index contributed by atoms with van der Waals surface area (Å²) in [7, 11) is 1.50.